The molecule has 0 aromatic heterocycles. The molecule has 0 saturated heterocycles. The summed E-state index contributed by atoms with van der Waals surface area (Å²) in [6, 6.07) is 7.92. The standard InChI is InChI=1S/C16H16O5/c1-20-15-4-2-9(6-13(15)19)14-5-3-11-12(18)7-10(17)8-16(11)21-14/h2,4,6-8,14,17-19H,3,5H2,1H3/t14-/m0/s1. The van der Waals surface area contributed by atoms with Gasteiger partial charge in [0.05, 0.1) is 7.11 Å². The Hall–Kier alpha value is -2.56. The van der Waals surface area contributed by atoms with Gasteiger partial charge in [0.25, 0.3) is 0 Å². The molecule has 5 nitrogen and oxygen atoms in total. The van der Waals surface area contributed by atoms with Gasteiger partial charge in [-0.2, -0.15) is 0 Å². The molecule has 0 amide bonds. The summed E-state index contributed by atoms with van der Waals surface area (Å²) in [6.45, 7) is 0. The highest BCUT2D eigenvalue weighted by Crippen LogP contribution is 2.42. The number of phenols is 3. The average Bonchev–Trinajstić information content (AvgIpc) is 2.46. The van der Waals surface area contributed by atoms with Crippen molar-refractivity contribution in [2.75, 3.05) is 7.11 Å². The Morgan fingerprint density at radius 1 is 1.10 bits per heavy atom. The van der Waals surface area contributed by atoms with Gasteiger partial charge in [0, 0.05) is 17.7 Å². The second kappa shape index (κ2) is 5.09. The van der Waals surface area contributed by atoms with E-state index < -0.39 is 0 Å². The highest BCUT2D eigenvalue weighted by atomic mass is 16.5. The van der Waals surface area contributed by atoms with Crippen molar-refractivity contribution in [2.45, 2.75) is 18.9 Å². The van der Waals surface area contributed by atoms with Gasteiger partial charge in [-0.05, 0) is 30.5 Å². The lowest BCUT2D eigenvalue weighted by Gasteiger charge is -2.27. The van der Waals surface area contributed by atoms with Crippen LogP contribution in [-0.2, 0) is 6.42 Å². The van der Waals surface area contributed by atoms with Gasteiger partial charge in [-0.1, -0.05) is 6.07 Å². The molecule has 0 unspecified atom stereocenters. The van der Waals surface area contributed by atoms with Crippen molar-refractivity contribution >= 4 is 0 Å². The molecule has 1 aliphatic heterocycles. The third-order valence-electron chi connectivity index (χ3n) is 3.67. The molecule has 0 saturated carbocycles. The van der Waals surface area contributed by atoms with Crippen LogP contribution in [-0.4, -0.2) is 22.4 Å². The molecular formula is C16H16O5. The number of fused-ring (bicyclic) bond motifs is 1. The topological polar surface area (TPSA) is 79.2 Å². The van der Waals surface area contributed by atoms with Crippen LogP contribution in [0.25, 0.3) is 0 Å². The van der Waals surface area contributed by atoms with Crippen LogP contribution in [0.3, 0.4) is 0 Å². The van der Waals surface area contributed by atoms with Crippen LogP contribution in [0.1, 0.15) is 23.7 Å². The summed E-state index contributed by atoms with van der Waals surface area (Å²) in [6.07, 6.45) is 1.08. The number of aromatic hydroxyl groups is 3. The van der Waals surface area contributed by atoms with Crippen LogP contribution >= 0.6 is 0 Å². The number of methoxy groups -OCH3 is 1. The summed E-state index contributed by atoms with van der Waals surface area (Å²) < 4.78 is 10.9. The van der Waals surface area contributed by atoms with Gasteiger partial charge in [0.1, 0.15) is 23.4 Å². The van der Waals surface area contributed by atoms with Crippen molar-refractivity contribution in [1.29, 1.82) is 0 Å². The zero-order chi connectivity index (χ0) is 15.0. The van der Waals surface area contributed by atoms with Crippen molar-refractivity contribution in [3.63, 3.8) is 0 Å². The van der Waals surface area contributed by atoms with Crippen molar-refractivity contribution in [1.82, 2.24) is 0 Å². The largest absolute Gasteiger partial charge is 0.508 e. The first kappa shape index (κ1) is 13.4. The van der Waals surface area contributed by atoms with E-state index in [4.69, 9.17) is 9.47 Å². The van der Waals surface area contributed by atoms with Crippen LogP contribution in [0, 0.1) is 0 Å². The van der Waals surface area contributed by atoms with Crippen LogP contribution in [0.15, 0.2) is 30.3 Å². The predicted molar refractivity (Wildman–Crippen MR) is 76.1 cm³/mol. The molecule has 2 aromatic carbocycles. The van der Waals surface area contributed by atoms with Gasteiger partial charge in [0.15, 0.2) is 11.5 Å². The first-order chi connectivity index (χ1) is 10.1. The minimum Gasteiger partial charge on any atom is -0.508 e. The Balaban J connectivity index is 1.91. The van der Waals surface area contributed by atoms with Gasteiger partial charge in [-0.25, -0.2) is 0 Å². The van der Waals surface area contributed by atoms with Crippen molar-refractivity contribution in [2.24, 2.45) is 0 Å². The summed E-state index contributed by atoms with van der Waals surface area (Å²) in [7, 11) is 1.49. The Bertz CT molecular complexity index is 681. The van der Waals surface area contributed by atoms with E-state index in [1.807, 2.05) is 6.07 Å². The number of hydrogen-bond acceptors (Lipinski definition) is 5. The molecule has 0 aliphatic carbocycles. The van der Waals surface area contributed by atoms with Gasteiger partial charge in [0.2, 0.25) is 0 Å². The summed E-state index contributed by atoms with van der Waals surface area (Å²) in [5, 5.41) is 29.2. The third kappa shape index (κ3) is 2.42. The van der Waals surface area contributed by atoms with E-state index in [9.17, 15) is 15.3 Å². The summed E-state index contributed by atoms with van der Waals surface area (Å²) in [4.78, 5) is 0. The molecule has 3 N–H and O–H groups in total. The summed E-state index contributed by atoms with van der Waals surface area (Å²) in [5.41, 5.74) is 1.52. The van der Waals surface area contributed by atoms with E-state index in [1.54, 1.807) is 12.1 Å². The van der Waals surface area contributed by atoms with Crippen LogP contribution in [0.2, 0.25) is 0 Å². The predicted octanol–water partition coefficient (Wildman–Crippen LogP) is 2.88. The zero-order valence-corrected chi connectivity index (χ0v) is 11.5. The average molecular weight is 288 g/mol. The van der Waals surface area contributed by atoms with E-state index in [0.717, 1.165) is 5.56 Å². The molecule has 5 heteroatoms. The Labute approximate surface area is 122 Å². The maximum atomic E-state index is 9.84. The van der Waals surface area contributed by atoms with E-state index in [0.29, 0.717) is 29.9 Å². The fraction of sp³-hybridized carbons (Fsp3) is 0.250. The monoisotopic (exact) mass is 288 g/mol. The van der Waals surface area contributed by atoms with E-state index in [-0.39, 0.29) is 23.4 Å². The van der Waals surface area contributed by atoms with E-state index >= 15 is 0 Å². The Morgan fingerprint density at radius 3 is 2.62 bits per heavy atom. The number of rotatable bonds is 2. The van der Waals surface area contributed by atoms with Gasteiger partial charge >= 0.3 is 0 Å². The lowest BCUT2D eigenvalue weighted by atomic mass is 9.96. The molecule has 21 heavy (non-hydrogen) atoms. The smallest absolute Gasteiger partial charge is 0.160 e. The Morgan fingerprint density at radius 2 is 1.90 bits per heavy atom. The second-order valence-electron chi connectivity index (χ2n) is 5.02. The second-order valence-corrected chi connectivity index (χ2v) is 5.02. The van der Waals surface area contributed by atoms with Crippen molar-refractivity contribution in [3.05, 3.63) is 41.5 Å². The van der Waals surface area contributed by atoms with Gasteiger partial charge in [-0.15, -0.1) is 0 Å². The molecule has 1 atom stereocenters. The minimum absolute atomic E-state index is 0.0375. The number of hydrogen-bond donors (Lipinski definition) is 3. The Kier molecular flexibility index (Phi) is 3.25. The van der Waals surface area contributed by atoms with Crippen LogP contribution < -0.4 is 9.47 Å². The van der Waals surface area contributed by atoms with Crippen molar-refractivity contribution in [3.8, 4) is 28.7 Å². The normalized spacial score (nSPS) is 16.9. The highest BCUT2D eigenvalue weighted by Gasteiger charge is 2.25. The SMILES string of the molecule is COc1ccc([C@@H]2CCc3c(O)cc(O)cc3O2)cc1O. The van der Waals surface area contributed by atoms with Gasteiger partial charge in [-0.3, -0.25) is 0 Å². The minimum atomic E-state index is -0.240. The first-order valence-corrected chi connectivity index (χ1v) is 6.67. The van der Waals surface area contributed by atoms with Crippen LogP contribution in [0.4, 0.5) is 0 Å². The number of phenolic OH excluding ortho intramolecular Hbond substituents is 3. The first-order valence-electron chi connectivity index (χ1n) is 6.67. The molecule has 1 aliphatic rings. The maximum absolute atomic E-state index is 9.84. The molecule has 0 radical (unpaired) electrons. The van der Waals surface area contributed by atoms with E-state index in [2.05, 4.69) is 0 Å². The third-order valence-corrected chi connectivity index (χ3v) is 3.67. The molecule has 110 valence electrons. The van der Waals surface area contributed by atoms with E-state index in [1.165, 1.54) is 19.2 Å². The molecule has 2 aromatic rings. The number of benzene rings is 2. The molecule has 3 rings (SSSR count). The fourth-order valence-electron chi connectivity index (χ4n) is 2.60. The molecule has 0 spiro atoms. The number of ether oxygens (including phenoxy) is 2. The molecule has 0 fully saturated rings. The quantitative estimate of drug-likeness (QED) is 0.792. The van der Waals surface area contributed by atoms with Crippen molar-refractivity contribution < 1.29 is 24.8 Å². The molecule has 1 heterocycles. The van der Waals surface area contributed by atoms with Crippen LogP contribution in [0.5, 0.6) is 28.7 Å². The fourth-order valence-corrected chi connectivity index (χ4v) is 2.60. The summed E-state index contributed by atoms with van der Waals surface area (Å²) in [5.74, 6) is 0.943. The molecule has 0 bridgehead atoms. The van der Waals surface area contributed by atoms with Gasteiger partial charge < -0.3 is 24.8 Å². The maximum Gasteiger partial charge on any atom is 0.160 e. The lowest BCUT2D eigenvalue weighted by Crippen LogP contribution is -2.15. The zero-order valence-electron chi connectivity index (χ0n) is 11.5. The summed E-state index contributed by atoms with van der Waals surface area (Å²) >= 11 is 0. The molecular weight excluding hydrogens is 272 g/mol. The highest BCUT2D eigenvalue weighted by molar-refractivity contribution is 5.51. The lowest BCUT2D eigenvalue weighted by molar-refractivity contribution is 0.173.